The number of aryl methyl sites for hydroxylation is 1. The van der Waals surface area contributed by atoms with Crippen molar-refractivity contribution in [1.29, 1.82) is 0 Å². The molecule has 0 saturated carbocycles. The summed E-state index contributed by atoms with van der Waals surface area (Å²) in [5.41, 5.74) is -15.5. The summed E-state index contributed by atoms with van der Waals surface area (Å²) in [6.07, 6.45) is -4.89. The molecular formula is C67H58N4OPt-2. The topological polar surface area (TPSA) is 35.9 Å². The molecule has 0 aliphatic heterocycles. The van der Waals surface area contributed by atoms with Crippen LogP contribution in [0.15, 0.2) is 182 Å². The standard InChI is InChI=1S/C67H58N4O.Pt/c1-44-36-63(68-42-55(44)46-22-13-10-14-23-46)71-59-27-16-15-26-52(59)53-32-31-51(41-62(53)71)72-50-25-19-24-49(40-50)69-43-70(61-29-18-17-28-60(61)69)64-54(37-48(39-58(64)65(2,3)4)45-20-11-9-12-21-45)47-30-33-56-57(38-47)67(7,8)35-34-66(56,5)6;/h9-33,36-39,42H,34-35H2,1-8H3;/q-2;/i1D3,5D3,6D3,7D3,8D3,9D,10D,11D,12D,13D,14D,20D,21D,22D,23D,30D,33D,34D2,35D2,38D;. The van der Waals surface area contributed by atoms with Gasteiger partial charge < -0.3 is 13.9 Å². The van der Waals surface area contributed by atoms with Gasteiger partial charge in [0.1, 0.15) is 5.82 Å². The van der Waals surface area contributed by atoms with Gasteiger partial charge in [-0.05, 0) is 115 Å². The van der Waals surface area contributed by atoms with Crippen molar-refractivity contribution < 1.29 is 74.2 Å². The maximum absolute atomic E-state index is 10.4. The van der Waals surface area contributed by atoms with Gasteiger partial charge in [-0.1, -0.05) is 181 Å². The molecule has 1 aliphatic rings. The Kier molecular flexibility index (Phi) is 5.94. The van der Waals surface area contributed by atoms with Crippen LogP contribution in [0.1, 0.15) is 127 Å². The number of nitrogens with zero attached hydrogens (tertiary/aromatic N) is 4. The summed E-state index contributed by atoms with van der Waals surface area (Å²) in [6.45, 7) is -15.5. The minimum Gasteiger partial charge on any atom is -0.510 e. The molecule has 3 aromatic heterocycles. The molecule has 11 aromatic rings. The van der Waals surface area contributed by atoms with Crippen LogP contribution in [0.4, 0.5) is 0 Å². The zero-order valence-electron chi connectivity index (χ0n) is 70.8. The van der Waals surface area contributed by atoms with Gasteiger partial charge in [-0.2, -0.15) is 18.2 Å². The number of aromatic nitrogens is 4. The van der Waals surface area contributed by atoms with Crippen molar-refractivity contribution in [2.24, 2.45) is 0 Å². The van der Waals surface area contributed by atoms with E-state index in [4.69, 9.17) is 36.3 Å². The summed E-state index contributed by atoms with van der Waals surface area (Å²) in [4.78, 5) is 4.64. The molecule has 0 bridgehead atoms. The molecular weight excluding hydrogens is 1070 g/mol. The molecule has 1 aliphatic carbocycles. The van der Waals surface area contributed by atoms with Crippen LogP contribution in [-0.2, 0) is 37.3 Å². The Morgan fingerprint density at radius 2 is 1.38 bits per heavy atom. The van der Waals surface area contributed by atoms with E-state index in [2.05, 4.69) is 23.4 Å². The summed E-state index contributed by atoms with van der Waals surface area (Å²) in [6, 6.07) is 20.1. The Bertz CT molecular complexity index is 5380. The van der Waals surface area contributed by atoms with Crippen LogP contribution >= 0.6 is 0 Å². The molecule has 0 saturated heterocycles. The van der Waals surface area contributed by atoms with Crippen molar-refractivity contribution in [3.8, 4) is 62.1 Å². The van der Waals surface area contributed by atoms with E-state index in [1.807, 2.05) is 6.07 Å². The van der Waals surface area contributed by atoms with Crippen molar-refractivity contribution in [1.82, 2.24) is 14.1 Å². The van der Waals surface area contributed by atoms with Crippen molar-refractivity contribution in [2.45, 2.75) is 84.0 Å². The number of imidazole rings is 1. The third-order valence-corrected chi connectivity index (χ3v) is 12.4. The summed E-state index contributed by atoms with van der Waals surface area (Å²) < 4.78 is 299. The molecule has 364 valence electrons. The molecule has 0 N–H and O–H groups in total. The van der Waals surface area contributed by atoms with E-state index in [0.29, 0.717) is 27.3 Å². The fourth-order valence-electron chi connectivity index (χ4n) is 9.06. The molecule has 0 spiro atoms. The molecule has 5 nitrogen and oxygen atoms in total. The zero-order valence-corrected chi connectivity index (χ0v) is 41.1. The van der Waals surface area contributed by atoms with E-state index in [-0.39, 0.29) is 83.1 Å². The van der Waals surface area contributed by atoms with Gasteiger partial charge in [-0.15, -0.1) is 29.7 Å². The van der Waals surface area contributed by atoms with Gasteiger partial charge in [0.05, 0.1) is 34.5 Å². The second kappa shape index (κ2) is 18.3. The van der Waals surface area contributed by atoms with Crippen LogP contribution in [0.25, 0.3) is 83.4 Å². The number of rotatable bonds is 8. The summed E-state index contributed by atoms with van der Waals surface area (Å²) >= 11 is 0. The monoisotopic (exact) mass is 1160 g/mol. The number of ether oxygens (including phenoxy) is 1. The molecule has 12 rings (SSSR count). The normalized spacial score (nSPS) is 22.6. The van der Waals surface area contributed by atoms with Crippen molar-refractivity contribution in [3.63, 3.8) is 0 Å². The van der Waals surface area contributed by atoms with Gasteiger partial charge in [0.25, 0.3) is 6.33 Å². The molecule has 8 aromatic carbocycles. The Balaban J connectivity index is 0.0000110. The number of pyridine rings is 1. The van der Waals surface area contributed by atoms with Crippen LogP contribution in [0, 0.1) is 25.3 Å². The summed E-state index contributed by atoms with van der Waals surface area (Å²) in [5, 5.41) is 1.28. The van der Waals surface area contributed by atoms with Gasteiger partial charge in [0.15, 0.2) is 0 Å². The first-order valence-electron chi connectivity index (χ1n) is 38.5. The zero-order chi connectivity index (χ0) is 76.9. The SMILES string of the molecule is [2H]c1c([2H])c([2H])c(-c2cc(-c3c([2H])c([2H])c4c(c3[2H])C(C([2H])([2H])[2H])(C([2H])([2H])[2H])C([2H])([2H])C([2H])([2H])C4(C([2H])([2H])[2H])C([2H])([2H])[2H])c(-[n+]3[c-]n(-c4[c-]c(Oc5[c-]c6c(cc5)c5ccccc5n6-c5cc(C([2H])([2H])[2H])c(-c6c([2H])c([2H])c([2H])c([2H])c6[2H])cn5)ccc4)c4ccccc43)c(C(C)(C)C)c2)c([2H])c1[2H].[Pt]. The fourth-order valence-corrected chi connectivity index (χ4v) is 9.06. The van der Waals surface area contributed by atoms with Gasteiger partial charge in [0, 0.05) is 75.9 Å². The van der Waals surface area contributed by atoms with Crippen molar-refractivity contribution in [3.05, 3.63) is 223 Å². The van der Waals surface area contributed by atoms with E-state index >= 15 is 0 Å². The Labute approximate surface area is 489 Å². The minimum absolute atomic E-state index is 0. The first-order chi connectivity index (χ1) is 47.9. The number of hydrogen-bond donors (Lipinski definition) is 0. The van der Waals surface area contributed by atoms with E-state index in [9.17, 15) is 12.3 Å². The first kappa shape index (κ1) is 23.7. The molecule has 0 atom stereocenters. The Hall–Kier alpha value is -7.33. The Morgan fingerprint density at radius 1 is 0.671 bits per heavy atom. The molecule has 73 heavy (non-hydrogen) atoms. The Morgan fingerprint density at radius 3 is 2.14 bits per heavy atom. The van der Waals surface area contributed by atoms with E-state index < -0.39 is 170 Å². The van der Waals surface area contributed by atoms with Crippen LogP contribution in [-0.4, -0.2) is 14.1 Å². The fraction of sp³-hybridized carbons (Fsp3) is 0.194. The maximum atomic E-state index is 10.4. The second-order valence-electron chi connectivity index (χ2n) is 18.2. The van der Waals surface area contributed by atoms with Gasteiger partial charge in [-0.3, -0.25) is 4.57 Å². The summed E-state index contributed by atoms with van der Waals surface area (Å²) in [7, 11) is 0. The third kappa shape index (κ3) is 8.52. The number of hydrogen-bond acceptors (Lipinski definition) is 2. The molecule has 0 fully saturated rings. The van der Waals surface area contributed by atoms with Crippen LogP contribution in [0.5, 0.6) is 11.5 Å². The molecule has 3 heterocycles. The van der Waals surface area contributed by atoms with Crippen molar-refractivity contribution >= 4 is 32.8 Å². The van der Waals surface area contributed by atoms with Gasteiger partial charge in [0.2, 0.25) is 0 Å². The average Bonchev–Trinajstić information content (AvgIpc) is 0.656. The van der Waals surface area contributed by atoms with Gasteiger partial charge >= 0.3 is 0 Å². The van der Waals surface area contributed by atoms with E-state index in [1.54, 1.807) is 98.1 Å². The molecule has 0 unspecified atom stereocenters. The van der Waals surface area contributed by atoms with Crippen LogP contribution in [0.3, 0.4) is 0 Å². The number of fused-ring (bicyclic) bond motifs is 5. The molecule has 6 heteroatoms. The predicted octanol–water partition coefficient (Wildman–Crippen LogP) is 16.5. The largest absolute Gasteiger partial charge is 0.510 e. The maximum Gasteiger partial charge on any atom is 0.268 e. The molecule has 0 radical (unpaired) electrons. The van der Waals surface area contributed by atoms with E-state index in [0.717, 1.165) is 12.3 Å². The average molecular weight is 1160 g/mol. The smallest absolute Gasteiger partial charge is 0.268 e. The number of benzene rings is 8. The van der Waals surface area contributed by atoms with Crippen molar-refractivity contribution in [2.75, 3.05) is 0 Å². The quantitative estimate of drug-likeness (QED) is 0.112. The number of para-hydroxylation sites is 3. The summed E-state index contributed by atoms with van der Waals surface area (Å²) in [5.74, 6) is 0.165. The second-order valence-corrected chi connectivity index (χ2v) is 18.2. The van der Waals surface area contributed by atoms with E-state index in [1.165, 1.54) is 21.3 Å². The third-order valence-electron chi connectivity index (χ3n) is 12.4. The van der Waals surface area contributed by atoms with Crippen LogP contribution in [0.2, 0.25) is 0 Å². The predicted molar refractivity (Wildman–Crippen MR) is 295 cm³/mol. The first-order valence-corrected chi connectivity index (χ1v) is 22.5. The molecule has 0 amide bonds. The minimum atomic E-state index is -4.68. The van der Waals surface area contributed by atoms with Gasteiger partial charge in [-0.25, -0.2) is 4.98 Å². The van der Waals surface area contributed by atoms with Crippen LogP contribution < -0.4 is 9.30 Å².